The summed E-state index contributed by atoms with van der Waals surface area (Å²) in [6.45, 7) is 0.206. The second kappa shape index (κ2) is 11.3. The molecular formula is C37H28BrClN2O5S. The van der Waals surface area contributed by atoms with Gasteiger partial charge in [-0.15, -0.1) is 11.3 Å². The molecule has 2 aliphatic carbocycles. The zero-order valence-electron chi connectivity index (χ0n) is 24.9. The second-order valence-corrected chi connectivity index (χ2v) is 15.0. The van der Waals surface area contributed by atoms with Gasteiger partial charge in [0.2, 0.25) is 23.6 Å². The van der Waals surface area contributed by atoms with E-state index >= 15 is 4.79 Å². The molecule has 2 aliphatic heterocycles. The highest BCUT2D eigenvalue weighted by Gasteiger charge is 2.70. The van der Waals surface area contributed by atoms with Gasteiger partial charge in [-0.3, -0.25) is 24.1 Å². The predicted molar refractivity (Wildman–Crippen MR) is 182 cm³/mol. The first-order chi connectivity index (χ1) is 22.7. The average Bonchev–Trinajstić information content (AvgIpc) is 3.73. The lowest BCUT2D eigenvalue weighted by molar-refractivity contribution is -0.141. The van der Waals surface area contributed by atoms with E-state index in [1.807, 2.05) is 53.9 Å². The number of anilines is 1. The van der Waals surface area contributed by atoms with Crippen molar-refractivity contribution in [2.45, 2.75) is 30.7 Å². The molecule has 0 bridgehead atoms. The molecule has 47 heavy (non-hydrogen) atoms. The lowest BCUT2D eigenvalue weighted by Crippen LogP contribution is -2.53. The molecular weight excluding hydrogens is 700 g/mol. The van der Waals surface area contributed by atoms with Crippen molar-refractivity contribution >= 4 is 68.2 Å². The van der Waals surface area contributed by atoms with E-state index in [9.17, 15) is 19.5 Å². The van der Waals surface area contributed by atoms with Crippen LogP contribution in [0.25, 0.3) is 0 Å². The monoisotopic (exact) mass is 726 g/mol. The van der Waals surface area contributed by atoms with Crippen LogP contribution in [0.5, 0.6) is 5.75 Å². The molecule has 7 nitrogen and oxygen atoms in total. The summed E-state index contributed by atoms with van der Waals surface area (Å²) >= 11 is 11.4. The van der Waals surface area contributed by atoms with Crippen LogP contribution in [0.15, 0.2) is 106 Å². The Bertz CT molecular complexity index is 2000. The van der Waals surface area contributed by atoms with E-state index in [-0.39, 0.29) is 30.5 Å². The lowest BCUT2D eigenvalue weighted by atomic mass is 9.49. The number of imide groups is 2. The first kappa shape index (κ1) is 30.3. The summed E-state index contributed by atoms with van der Waals surface area (Å²) < 4.78 is 0.694. The third-order valence-electron chi connectivity index (χ3n) is 10.5. The number of rotatable bonds is 5. The maximum atomic E-state index is 15.2. The number of phenolic OH excluding ortho intramolecular Hbond substituents is 1. The maximum absolute atomic E-state index is 15.2. The number of nitrogens with zero attached hydrogens (tertiary/aromatic N) is 2. The fourth-order valence-corrected chi connectivity index (χ4v) is 9.88. The first-order valence-corrected chi connectivity index (χ1v) is 17.5. The molecule has 8 rings (SSSR count). The van der Waals surface area contributed by atoms with Crippen LogP contribution in [0.1, 0.15) is 34.8 Å². The molecule has 4 aliphatic rings. The molecule has 1 saturated carbocycles. The Balaban J connectivity index is 1.35. The highest BCUT2D eigenvalue weighted by Crippen LogP contribution is 2.65. The van der Waals surface area contributed by atoms with Gasteiger partial charge in [0.25, 0.3) is 0 Å². The van der Waals surface area contributed by atoms with Gasteiger partial charge in [-0.25, -0.2) is 4.90 Å². The third kappa shape index (κ3) is 4.43. The number of carbonyl (C=O) groups is 4. The Kier molecular flexibility index (Phi) is 7.27. The van der Waals surface area contributed by atoms with E-state index in [1.54, 1.807) is 42.5 Å². The molecule has 3 aromatic carbocycles. The van der Waals surface area contributed by atoms with E-state index in [2.05, 4.69) is 15.9 Å². The number of benzene rings is 3. The van der Waals surface area contributed by atoms with Crippen LogP contribution in [0, 0.1) is 23.7 Å². The summed E-state index contributed by atoms with van der Waals surface area (Å²) in [4.78, 5) is 61.5. The van der Waals surface area contributed by atoms with Gasteiger partial charge in [0, 0.05) is 25.9 Å². The van der Waals surface area contributed by atoms with Crippen molar-refractivity contribution < 1.29 is 24.3 Å². The zero-order valence-corrected chi connectivity index (χ0v) is 28.0. The average molecular weight is 728 g/mol. The largest absolute Gasteiger partial charge is 0.508 e. The Morgan fingerprint density at radius 2 is 1.70 bits per heavy atom. The SMILES string of the molecule is O=C1[C@H]2[C@H](CC=C3[C@H]2C[C@H]2C(=O)N(c4cccc(Cl)c4)C(=O)[C@@]2(c2ccccc2)[C@H]3c2cc(Br)ccc2O)C(=O)N1Cc1cccs1. The summed E-state index contributed by atoms with van der Waals surface area (Å²) in [5, 5.41) is 13.8. The van der Waals surface area contributed by atoms with E-state index < -0.39 is 46.8 Å². The Labute approximate surface area is 288 Å². The number of aromatic hydroxyl groups is 1. The van der Waals surface area contributed by atoms with Crippen molar-refractivity contribution in [3.8, 4) is 5.75 Å². The number of hydrogen-bond acceptors (Lipinski definition) is 6. The van der Waals surface area contributed by atoms with Crippen LogP contribution >= 0.6 is 38.9 Å². The summed E-state index contributed by atoms with van der Waals surface area (Å²) in [7, 11) is 0. The normalized spacial score (nSPS) is 28.3. The number of hydrogen-bond donors (Lipinski definition) is 1. The predicted octanol–water partition coefficient (Wildman–Crippen LogP) is 7.23. The molecule has 0 radical (unpaired) electrons. The van der Waals surface area contributed by atoms with Crippen LogP contribution in [0.4, 0.5) is 5.69 Å². The highest BCUT2D eigenvalue weighted by molar-refractivity contribution is 9.10. The Morgan fingerprint density at radius 1 is 0.894 bits per heavy atom. The molecule has 10 heteroatoms. The molecule has 3 heterocycles. The highest BCUT2D eigenvalue weighted by atomic mass is 79.9. The van der Waals surface area contributed by atoms with Gasteiger partial charge < -0.3 is 5.11 Å². The standard InChI is InChI=1S/C37H28BrClN2O5S/c38-21-11-14-30(42)28(16-21)32-25-12-13-26-31(35(45)40(33(26)43)19-24-10-5-15-47-24)27(25)18-29-34(44)41(23-9-4-8-22(39)17-23)36(46)37(29,32)20-6-2-1-3-7-20/h1-12,14-17,26-27,29,31-32,42H,13,18-19H2/t26-,27+,29-,31-,32+,37+/m0/s1. The first-order valence-electron chi connectivity index (χ1n) is 15.5. The van der Waals surface area contributed by atoms with Crippen LogP contribution < -0.4 is 4.90 Å². The third-order valence-corrected chi connectivity index (χ3v) is 12.0. The van der Waals surface area contributed by atoms with Gasteiger partial charge >= 0.3 is 0 Å². The number of halogens is 2. The van der Waals surface area contributed by atoms with Crippen molar-refractivity contribution in [2.75, 3.05) is 4.90 Å². The minimum atomic E-state index is -1.45. The summed E-state index contributed by atoms with van der Waals surface area (Å²) in [6.07, 6.45) is 2.51. The Morgan fingerprint density at radius 3 is 2.45 bits per heavy atom. The quantitative estimate of drug-likeness (QED) is 0.173. The van der Waals surface area contributed by atoms with Crippen LogP contribution in [-0.2, 0) is 31.1 Å². The molecule has 2 saturated heterocycles. The minimum absolute atomic E-state index is 0.0227. The summed E-state index contributed by atoms with van der Waals surface area (Å²) in [5.74, 6) is -4.74. The lowest BCUT2D eigenvalue weighted by Gasteiger charge is -2.50. The van der Waals surface area contributed by atoms with Gasteiger partial charge in [-0.05, 0) is 72.2 Å². The molecule has 1 N–H and O–H groups in total. The topological polar surface area (TPSA) is 95.0 Å². The van der Waals surface area contributed by atoms with Gasteiger partial charge in [0.15, 0.2) is 0 Å². The van der Waals surface area contributed by atoms with Gasteiger partial charge in [0.05, 0.1) is 35.4 Å². The van der Waals surface area contributed by atoms with Gasteiger partial charge in [-0.2, -0.15) is 0 Å². The number of phenols is 1. The second-order valence-electron chi connectivity index (χ2n) is 12.6. The van der Waals surface area contributed by atoms with Crippen LogP contribution in [-0.4, -0.2) is 33.6 Å². The van der Waals surface area contributed by atoms with E-state index in [0.717, 1.165) is 10.5 Å². The molecule has 0 spiro atoms. The summed E-state index contributed by atoms with van der Waals surface area (Å²) in [5.41, 5.74) is 0.832. The number of amides is 4. The number of thiophene rings is 1. The number of carbonyl (C=O) groups excluding carboxylic acids is 4. The van der Waals surface area contributed by atoms with Gasteiger partial charge in [0.1, 0.15) is 5.75 Å². The van der Waals surface area contributed by atoms with Crippen LogP contribution in [0.2, 0.25) is 5.02 Å². The number of likely N-dealkylation sites (tertiary alicyclic amines) is 1. The molecule has 1 aromatic heterocycles. The molecule has 4 aromatic rings. The van der Waals surface area contributed by atoms with Crippen molar-refractivity contribution in [3.05, 3.63) is 127 Å². The van der Waals surface area contributed by atoms with Crippen LogP contribution in [0.3, 0.4) is 0 Å². The van der Waals surface area contributed by atoms with E-state index in [4.69, 9.17) is 11.6 Å². The van der Waals surface area contributed by atoms with Crippen molar-refractivity contribution in [3.63, 3.8) is 0 Å². The minimum Gasteiger partial charge on any atom is -0.508 e. The molecule has 3 fully saturated rings. The summed E-state index contributed by atoms with van der Waals surface area (Å²) in [6, 6.07) is 24.8. The van der Waals surface area contributed by atoms with Crippen molar-refractivity contribution in [1.29, 1.82) is 0 Å². The fourth-order valence-electron chi connectivity index (χ4n) is 8.62. The van der Waals surface area contributed by atoms with E-state index in [1.165, 1.54) is 21.1 Å². The zero-order chi connectivity index (χ0) is 32.6. The number of fused-ring (bicyclic) bond motifs is 4. The molecule has 236 valence electrons. The van der Waals surface area contributed by atoms with Gasteiger partial charge in [-0.1, -0.05) is 81.6 Å². The van der Waals surface area contributed by atoms with E-state index in [0.29, 0.717) is 32.7 Å². The molecule has 6 atom stereocenters. The van der Waals surface area contributed by atoms with Crippen molar-refractivity contribution in [1.82, 2.24) is 4.90 Å². The fraction of sp³-hybridized carbons (Fsp3) is 0.243. The molecule has 4 amide bonds. The molecule has 0 unspecified atom stereocenters. The Hall–Kier alpha value is -4.05. The number of allylic oxidation sites excluding steroid dienone is 2. The maximum Gasteiger partial charge on any atom is 0.246 e. The smallest absolute Gasteiger partial charge is 0.246 e. The van der Waals surface area contributed by atoms with Crippen molar-refractivity contribution in [2.24, 2.45) is 23.7 Å².